The smallest absolute Gasteiger partial charge is 0.233 e. The Morgan fingerprint density at radius 1 is 1.53 bits per heavy atom. The Balaban J connectivity index is 2.19. The second kappa shape index (κ2) is 4.52. The molecule has 1 fully saturated rings. The molecule has 0 unspecified atom stereocenters. The van der Waals surface area contributed by atoms with Gasteiger partial charge in [0.15, 0.2) is 0 Å². The number of carbonyl (C=O) groups excluding carboxylic acids is 1. The predicted molar refractivity (Wildman–Crippen MR) is 61.3 cm³/mol. The van der Waals surface area contributed by atoms with Gasteiger partial charge in [0, 0.05) is 18.8 Å². The highest BCUT2D eigenvalue weighted by atomic mass is 35.5. The van der Waals surface area contributed by atoms with Gasteiger partial charge in [-0.1, -0.05) is 0 Å². The van der Waals surface area contributed by atoms with Gasteiger partial charge < -0.3 is 4.90 Å². The first-order chi connectivity index (χ1) is 7.24. The highest BCUT2D eigenvalue weighted by Crippen LogP contribution is 2.26. The summed E-state index contributed by atoms with van der Waals surface area (Å²) in [6.45, 7) is 2.87. The summed E-state index contributed by atoms with van der Waals surface area (Å²) in [5.41, 5.74) is 0. The van der Waals surface area contributed by atoms with E-state index in [1.807, 2.05) is 11.8 Å². The van der Waals surface area contributed by atoms with Crippen LogP contribution in [-0.2, 0) is 4.79 Å². The zero-order valence-electron chi connectivity index (χ0n) is 9.08. The lowest BCUT2D eigenvalue weighted by Gasteiger charge is -2.37. The van der Waals surface area contributed by atoms with E-state index in [9.17, 15) is 4.79 Å². The molecule has 4 heteroatoms. The lowest BCUT2D eigenvalue weighted by molar-refractivity contribution is -0.133. The molecule has 0 aliphatic carbocycles. The largest absolute Gasteiger partial charge is 0.300 e. The van der Waals surface area contributed by atoms with Crippen molar-refractivity contribution in [3.05, 3.63) is 0 Å². The number of carbonyl (C=O) groups is 1. The summed E-state index contributed by atoms with van der Waals surface area (Å²) >= 11 is 5.72. The van der Waals surface area contributed by atoms with Crippen molar-refractivity contribution in [2.24, 2.45) is 10.9 Å². The summed E-state index contributed by atoms with van der Waals surface area (Å²) in [5.74, 6) is 1.79. The first-order valence-corrected chi connectivity index (χ1v) is 6.21. The Bertz CT molecular complexity index is 290. The fourth-order valence-electron chi connectivity index (χ4n) is 2.40. The first kappa shape index (κ1) is 10.9. The average Bonchev–Trinajstić information content (AvgIpc) is 2.24. The minimum absolute atomic E-state index is 0.00403. The highest BCUT2D eigenvalue weighted by molar-refractivity contribution is 6.18. The number of fused-ring (bicyclic) bond motifs is 1. The van der Waals surface area contributed by atoms with Crippen molar-refractivity contribution in [2.45, 2.75) is 38.6 Å². The van der Waals surface area contributed by atoms with Crippen molar-refractivity contribution in [3.8, 4) is 0 Å². The second-order valence-electron chi connectivity index (χ2n) is 4.32. The minimum atomic E-state index is 0.00403. The summed E-state index contributed by atoms with van der Waals surface area (Å²) in [6.07, 6.45) is 3.97. The quantitative estimate of drug-likeness (QED) is 0.666. The van der Waals surface area contributed by atoms with E-state index in [1.54, 1.807) is 0 Å². The molecule has 84 valence electrons. The summed E-state index contributed by atoms with van der Waals surface area (Å²) in [4.78, 5) is 18.6. The van der Waals surface area contributed by atoms with Crippen LogP contribution in [0.3, 0.4) is 0 Å². The SMILES string of the molecule is C[C@H]1N=C2CCCCN2C(=O)[C@H]1CCCl. The molecule has 0 bridgehead atoms. The Morgan fingerprint density at radius 2 is 2.33 bits per heavy atom. The van der Waals surface area contributed by atoms with Crippen molar-refractivity contribution in [1.82, 2.24) is 4.90 Å². The van der Waals surface area contributed by atoms with E-state index in [4.69, 9.17) is 11.6 Å². The summed E-state index contributed by atoms with van der Waals surface area (Å²) in [6, 6.07) is 0.112. The monoisotopic (exact) mass is 228 g/mol. The van der Waals surface area contributed by atoms with Crippen LogP contribution in [0.15, 0.2) is 4.99 Å². The van der Waals surface area contributed by atoms with Crippen LogP contribution in [0.5, 0.6) is 0 Å². The molecule has 2 heterocycles. The van der Waals surface area contributed by atoms with Gasteiger partial charge >= 0.3 is 0 Å². The number of hydrogen-bond donors (Lipinski definition) is 0. The van der Waals surface area contributed by atoms with Gasteiger partial charge in [0.25, 0.3) is 0 Å². The third-order valence-corrected chi connectivity index (χ3v) is 3.50. The van der Waals surface area contributed by atoms with Crippen molar-refractivity contribution in [1.29, 1.82) is 0 Å². The Hall–Kier alpha value is -0.570. The number of piperidine rings is 1. The van der Waals surface area contributed by atoms with Crippen molar-refractivity contribution in [3.63, 3.8) is 0 Å². The Morgan fingerprint density at radius 3 is 3.07 bits per heavy atom. The molecule has 2 aliphatic rings. The lowest BCUT2D eigenvalue weighted by atomic mass is 9.93. The van der Waals surface area contributed by atoms with Gasteiger partial charge in [0.2, 0.25) is 5.91 Å². The van der Waals surface area contributed by atoms with Crippen molar-refractivity contribution >= 4 is 23.3 Å². The molecule has 0 N–H and O–H groups in total. The number of halogens is 1. The number of amides is 1. The number of hydrogen-bond acceptors (Lipinski definition) is 2. The van der Waals surface area contributed by atoms with Gasteiger partial charge in [-0.15, -0.1) is 11.6 Å². The fraction of sp³-hybridized carbons (Fsp3) is 0.818. The molecule has 2 atom stereocenters. The third kappa shape index (κ3) is 2.03. The maximum Gasteiger partial charge on any atom is 0.233 e. The predicted octanol–water partition coefficient (Wildman–Crippen LogP) is 2.04. The Labute approximate surface area is 95.5 Å². The molecule has 0 radical (unpaired) electrons. The zero-order chi connectivity index (χ0) is 10.8. The molecule has 1 amide bonds. The van der Waals surface area contributed by atoms with E-state index in [1.165, 1.54) is 0 Å². The molecule has 0 aromatic rings. The molecule has 1 saturated heterocycles. The van der Waals surface area contributed by atoms with Crippen LogP contribution < -0.4 is 0 Å². The van der Waals surface area contributed by atoms with Crippen LogP contribution in [0, 0.1) is 5.92 Å². The minimum Gasteiger partial charge on any atom is -0.300 e. The van der Waals surface area contributed by atoms with Crippen LogP contribution in [0.1, 0.15) is 32.6 Å². The number of rotatable bonds is 2. The molecule has 0 saturated carbocycles. The van der Waals surface area contributed by atoms with Gasteiger partial charge in [-0.3, -0.25) is 9.79 Å². The molecule has 2 rings (SSSR count). The van der Waals surface area contributed by atoms with Gasteiger partial charge in [-0.25, -0.2) is 0 Å². The standard InChI is InChI=1S/C11H17ClN2O/c1-8-9(5-6-12)11(15)14-7-3-2-4-10(14)13-8/h8-9H,2-7H2,1H3/t8-,9+/m1/s1. The van der Waals surface area contributed by atoms with Crippen LogP contribution in [0.2, 0.25) is 0 Å². The Kier molecular flexibility index (Phi) is 3.29. The van der Waals surface area contributed by atoms with Crippen LogP contribution in [0.4, 0.5) is 0 Å². The molecular weight excluding hydrogens is 212 g/mol. The maximum atomic E-state index is 12.1. The summed E-state index contributed by atoms with van der Waals surface area (Å²) < 4.78 is 0. The highest BCUT2D eigenvalue weighted by Gasteiger charge is 2.36. The van der Waals surface area contributed by atoms with Crippen molar-refractivity contribution < 1.29 is 4.79 Å². The van der Waals surface area contributed by atoms with Gasteiger partial charge in [0.05, 0.1) is 12.0 Å². The zero-order valence-corrected chi connectivity index (χ0v) is 9.83. The molecule has 15 heavy (non-hydrogen) atoms. The molecule has 0 aromatic heterocycles. The van der Waals surface area contributed by atoms with E-state index in [2.05, 4.69) is 4.99 Å². The number of nitrogens with zero attached hydrogens (tertiary/aromatic N) is 2. The van der Waals surface area contributed by atoms with Gasteiger partial charge in [0.1, 0.15) is 5.84 Å². The van der Waals surface area contributed by atoms with Crippen molar-refractivity contribution in [2.75, 3.05) is 12.4 Å². The average molecular weight is 229 g/mol. The maximum absolute atomic E-state index is 12.1. The first-order valence-electron chi connectivity index (χ1n) is 5.68. The molecule has 0 aromatic carbocycles. The molecule has 3 nitrogen and oxygen atoms in total. The number of amidine groups is 1. The van der Waals surface area contributed by atoms with Crippen LogP contribution in [0.25, 0.3) is 0 Å². The fourth-order valence-corrected chi connectivity index (χ4v) is 2.64. The van der Waals surface area contributed by atoms with Gasteiger partial charge in [-0.2, -0.15) is 0 Å². The molecule has 2 aliphatic heterocycles. The topological polar surface area (TPSA) is 32.7 Å². The molecule has 0 spiro atoms. The van der Waals surface area contributed by atoms with E-state index >= 15 is 0 Å². The van der Waals surface area contributed by atoms with E-state index in [0.717, 1.165) is 38.1 Å². The summed E-state index contributed by atoms with van der Waals surface area (Å²) in [5, 5.41) is 0. The van der Waals surface area contributed by atoms with E-state index in [0.29, 0.717) is 5.88 Å². The summed E-state index contributed by atoms with van der Waals surface area (Å²) in [7, 11) is 0. The third-order valence-electron chi connectivity index (χ3n) is 3.28. The second-order valence-corrected chi connectivity index (χ2v) is 4.70. The van der Waals surface area contributed by atoms with E-state index in [-0.39, 0.29) is 17.9 Å². The normalized spacial score (nSPS) is 31.2. The number of aliphatic imine (C=N–C) groups is 1. The van der Waals surface area contributed by atoms with Crippen LogP contribution in [-0.4, -0.2) is 35.1 Å². The van der Waals surface area contributed by atoms with E-state index < -0.39 is 0 Å². The van der Waals surface area contributed by atoms with Gasteiger partial charge in [-0.05, 0) is 26.2 Å². The van der Waals surface area contributed by atoms with Crippen LogP contribution >= 0.6 is 11.6 Å². The lowest BCUT2D eigenvalue weighted by Crippen LogP contribution is -2.50. The number of alkyl halides is 1. The molecular formula is C11H17ClN2O.